The van der Waals surface area contributed by atoms with Gasteiger partial charge in [-0.3, -0.25) is 0 Å². The summed E-state index contributed by atoms with van der Waals surface area (Å²) in [5.41, 5.74) is 0.847. The number of likely N-dealkylation sites (N-methyl/N-ethyl adjacent to an activating group) is 1. The molecule has 3 nitrogen and oxygen atoms in total. The minimum atomic E-state index is 0.497. The smallest absolute Gasteiger partial charge is 0.188 e. The fourth-order valence-corrected chi connectivity index (χ4v) is 1.45. The lowest BCUT2D eigenvalue weighted by Crippen LogP contribution is -2.03. The van der Waals surface area contributed by atoms with Crippen LogP contribution in [-0.4, -0.2) is 29.8 Å². The van der Waals surface area contributed by atoms with Gasteiger partial charge < -0.3 is 5.32 Å². The van der Waals surface area contributed by atoms with Crippen molar-refractivity contribution in [3.63, 3.8) is 0 Å². The number of hydrogen-bond donors (Lipinski definition) is 1. The summed E-state index contributed by atoms with van der Waals surface area (Å²) < 4.78 is 0. The van der Waals surface area contributed by atoms with Gasteiger partial charge in [-0.05, 0) is 13.3 Å². The van der Waals surface area contributed by atoms with E-state index < -0.39 is 0 Å². The monoisotopic (exact) mass is 229 g/mol. The van der Waals surface area contributed by atoms with Crippen LogP contribution in [0.4, 0.5) is 0 Å². The van der Waals surface area contributed by atoms with Crippen molar-refractivity contribution >= 4 is 29.4 Å². The lowest BCUT2D eigenvalue weighted by atomic mass is 10.3. The molecule has 5 heteroatoms. The zero-order chi connectivity index (χ0) is 10.4. The zero-order valence-corrected chi connectivity index (χ0v) is 9.69. The van der Waals surface area contributed by atoms with Gasteiger partial charge >= 0.3 is 0 Å². The van der Waals surface area contributed by atoms with Crippen LogP contribution < -0.4 is 5.32 Å². The quantitative estimate of drug-likeness (QED) is 0.488. The SMILES string of the molecule is CNCC=Cc1cnc(SC)nc1Cl. The minimum Gasteiger partial charge on any atom is -0.316 e. The first-order chi connectivity index (χ1) is 6.77. The van der Waals surface area contributed by atoms with Gasteiger partial charge in [0.15, 0.2) is 5.16 Å². The maximum atomic E-state index is 5.95. The van der Waals surface area contributed by atoms with Crippen LogP contribution >= 0.6 is 23.4 Å². The standard InChI is InChI=1S/C9H12ClN3S/c1-11-5-3-4-7-6-12-9(14-2)13-8(7)10/h3-4,6,11H,5H2,1-2H3. The van der Waals surface area contributed by atoms with E-state index in [2.05, 4.69) is 15.3 Å². The highest BCUT2D eigenvalue weighted by Crippen LogP contribution is 2.17. The Bertz CT molecular complexity index is 328. The fourth-order valence-electron chi connectivity index (χ4n) is 0.869. The summed E-state index contributed by atoms with van der Waals surface area (Å²) in [4.78, 5) is 8.25. The Morgan fingerprint density at radius 2 is 2.43 bits per heavy atom. The highest BCUT2D eigenvalue weighted by Gasteiger charge is 2.00. The van der Waals surface area contributed by atoms with E-state index in [9.17, 15) is 0 Å². The van der Waals surface area contributed by atoms with Gasteiger partial charge in [0, 0.05) is 18.3 Å². The molecule has 0 amide bonds. The van der Waals surface area contributed by atoms with Gasteiger partial charge in [-0.2, -0.15) is 0 Å². The number of halogens is 1. The zero-order valence-electron chi connectivity index (χ0n) is 8.12. The van der Waals surface area contributed by atoms with E-state index in [4.69, 9.17) is 11.6 Å². The molecule has 1 rings (SSSR count). The summed E-state index contributed by atoms with van der Waals surface area (Å²) in [6.07, 6.45) is 7.53. The lowest BCUT2D eigenvalue weighted by Gasteiger charge is -1.99. The van der Waals surface area contributed by atoms with E-state index in [1.54, 1.807) is 6.20 Å². The Labute approximate surface area is 93.0 Å². The molecule has 1 aromatic rings. The van der Waals surface area contributed by atoms with Gasteiger partial charge in [0.25, 0.3) is 0 Å². The van der Waals surface area contributed by atoms with Crippen molar-refractivity contribution < 1.29 is 0 Å². The molecule has 1 heterocycles. The second kappa shape index (κ2) is 6.01. The molecule has 76 valence electrons. The van der Waals surface area contributed by atoms with Gasteiger partial charge in [-0.1, -0.05) is 35.5 Å². The second-order valence-corrected chi connectivity index (χ2v) is 3.69. The third-order valence-electron chi connectivity index (χ3n) is 1.55. The normalized spacial score (nSPS) is 11.1. The molecule has 0 bridgehead atoms. The van der Waals surface area contributed by atoms with Crippen molar-refractivity contribution in [2.45, 2.75) is 5.16 Å². The Morgan fingerprint density at radius 3 is 3.00 bits per heavy atom. The fraction of sp³-hybridized carbons (Fsp3) is 0.333. The first kappa shape index (κ1) is 11.5. The van der Waals surface area contributed by atoms with Gasteiger partial charge in [-0.15, -0.1) is 0 Å². The van der Waals surface area contributed by atoms with E-state index >= 15 is 0 Å². The maximum absolute atomic E-state index is 5.95. The van der Waals surface area contributed by atoms with Crippen LogP contribution in [-0.2, 0) is 0 Å². The van der Waals surface area contributed by atoms with Crippen LogP contribution in [0.25, 0.3) is 6.08 Å². The third-order valence-corrected chi connectivity index (χ3v) is 2.41. The van der Waals surface area contributed by atoms with E-state index in [-0.39, 0.29) is 0 Å². The number of rotatable bonds is 4. The predicted molar refractivity (Wildman–Crippen MR) is 61.8 cm³/mol. The molecule has 0 spiro atoms. The Balaban J connectivity index is 2.78. The molecule has 0 aliphatic heterocycles. The van der Waals surface area contributed by atoms with Crippen molar-refractivity contribution in [1.29, 1.82) is 0 Å². The number of thioether (sulfide) groups is 1. The van der Waals surface area contributed by atoms with E-state index in [1.807, 2.05) is 25.5 Å². The molecule has 0 aliphatic rings. The topological polar surface area (TPSA) is 37.8 Å². The molecule has 1 N–H and O–H groups in total. The molecule has 0 unspecified atom stereocenters. The van der Waals surface area contributed by atoms with Crippen molar-refractivity contribution in [3.05, 3.63) is 23.0 Å². The van der Waals surface area contributed by atoms with Crippen LogP contribution in [0.2, 0.25) is 5.15 Å². The number of aromatic nitrogens is 2. The predicted octanol–water partition coefficient (Wildman–Crippen LogP) is 2.08. The Kier molecular flexibility index (Phi) is 4.93. The van der Waals surface area contributed by atoms with Crippen molar-refractivity contribution in [2.75, 3.05) is 19.8 Å². The average Bonchev–Trinajstić information content (AvgIpc) is 2.20. The van der Waals surface area contributed by atoms with Crippen molar-refractivity contribution in [1.82, 2.24) is 15.3 Å². The molecule has 0 radical (unpaired) electrons. The Hall–Kier alpha value is -0.580. The summed E-state index contributed by atoms with van der Waals surface area (Å²) in [5.74, 6) is 0. The molecule has 0 saturated heterocycles. The molecule has 0 aliphatic carbocycles. The molecule has 14 heavy (non-hydrogen) atoms. The van der Waals surface area contributed by atoms with Crippen LogP contribution in [0.15, 0.2) is 17.4 Å². The average molecular weight is 230 g/mol. The summed E-state index contributed by atoms with van der Waals surface area (Å²) in [6, 6.07) is 0. The highest BCUT2D eigenvalue weighted by molar-refractivity contribution is 7.98. The summed E-state index contributed by atoms with van der Waals surface area (Å²) in [6.45, 7) is 0.806. The van der Waals surface area contributed by atoms with E-state index in [0.29, 0.717) is 10.3 Å². The maximum Gasteiger partial charge on any atom is 0.188 e. The number of nitrogens with one attached hydrogen (secondary N) is 1. The largest absolute Gasteiger partial charge is 0.316 e. The Morgan fingerprint density at radius 1 is 1.64 bits per heavy atom. The lowest BCUT2D eigenvalue weighted by molar-refractivity contribution is 0.921. The van der Waals surface area contributed by atoms with Gasteiger partial charge in [0.2, 0.25) is 0 Å². The molecule has 1 aromatic heterocycles. The highest BCUT2D eigenvalue weighted by atomic mass is 35.5. The van der Waals surface area contributed by atoms with Crippen molar-refractivity contribution in [3.8, 4) is 0 Å². The second-order valence-electron chi connectivity index (χ2n) is 2.56. The molecule has 0 atom stereocenters. The first-order valence-corrected chi connectivity index (χ1v) is 5.76. The van der Waals surface area contributed by atoms with Crippen LogP contribution in [0.5, 0.6) is 0 Å². The third kappa shape index (κ3) is 3.29. The molecule has 0 aromatic carbocycles. The van der Waals surface area contributed by atoms with Gasteiger partial charge in [0.1, 0.15) is 5.15 Å². The number of nitrogens with zero attached hydrogens (tertiary/aromatic N) is 2. The van der Waals surface area contributed by atoms with Crippen LogP contribution in [0.1, 0.15) is 5.56 Å². The number of hydrogen-bond acceptors (Lipinski definition) is 4. The van der Waals surface area contributed by atoms with Crippen LogP contribution in [0.3, 0.4) is 0 Å². The molecular formula is C9H12ClN3S. The van der Waals surface area contributed by atoms with Crippen molar-refractivity contribution in [2.24, 2.45) is 0 Å². The summed E-state index contributed by atoms with van der Waals surface area (Å²) in [7, 11) is 1.89. The molecule has 0 fully saturated rings. The summed E-state index contributed by atoms with van der Waals surface area (Å²) >= 11 is 7.43. The minimum absolute atomic E-state index is 0.497. The summed E-state index contributed by atoms with van der Waals surface area (Å²) in [5, 5.41) is 4.20. The van der Waals surface area contributed by atoms with E-state index in [0.717, 1.165) is 12.1 Å². The molecule has 0 saturated carbocycles. The van der Waals surface area contributed by atoms with Gasteiger partial charge in [-0.25, -0.2) is 9.97 Å². The molecular weight excluding hydrogens is 218 g/mol. The first-order valence-electron chi connectivity index (χ1n) is 4.15. The van der Waals surface area contributed by atoms with Crippen LogP contribution in [0, 0.1) is 0 Å². The van der Waals surface area contributed by atoms with E-state index in [1.165, 1.54) is 11.8 Å². The van der Waals surface area contributed by atoms with Gasteiger partial charge in [0.05, 0.1) is 0 Å².